The summed E-state index contributed by atoms with van der Waals surface area (Å²) in [6.45, 7) is 5.81. The van der Waals surface area contributed by atoms with E-state index in [-0.39, 0.29) is 30.7 Å². The third-order valence-electron chi connectivity index (χ3n) is 4.84. The van der Waals surface area contributed by atoms with Gasteiger partial charge in [-0.1, -0.05) is 12.1 Å². The van der Waals surface area contributed by atoms with E-state index in [0.29, 0.717) is 11.9 Å². The molecule has 136 valence electrons. The molecule has 2 aliphatic rings. The van der Waals surface area contributed by atoms with Crippen molar-refractivity contribution in [2.45, 2.75) is 38.6 Å². The fourth-order valence-corrected chi connectivity index (χ4v) is 3.54. The van der Waals surface area contributed by atoms with E-state index in [1.807, 2.05) is 0 Å². The number of carbonyl (C=O) groups is 1. The first-order valence-corrected chi connectivity index (χ1v) is 8.55. The Morgan fingerprint density at radius 2 is 1.96 bits per heavy atom. The van der Waals surface area contributed by atoms with Gasteiger partial charge < -0.3 is 15.5 Å². The summed E-state index contributed by atoms with van der Waals surface area (Å²) in [5.74, 6) is 0.566. The lowest BCUT2D eigenvalue weighted by Crippen LogP contribution is -2.47. The molecular weight excluding hydrogens is 345 g/mol. The highest BCUT2D eigenvalue weighted by Crippen LogP contribution is 2.20. The molecular formula is C18H29Cl2N3O. The van der Waals surface area contributed by atoms with E-state index in [0.717, 1.165) is 51.9 Å². The molecule has 2 aliphatic heterocycles. The first kappa shape index (κ1) is 21.1. The first-order chi connectivity index (χ1) is 10.7. The Balaban J connectivity index is 0.00000144. The number of nitrogens with one attached hydrogen (secondary N) is 2. The molecule has 0 saturated carbocycles. The first-order valence-electron chi connectivity index (χ1n) is 8.55. The van der Waals surface area contributed by atoms with E-state index < -0.39 is 0 Å². The van der Waals surface area contributed by atoms with Gasteiger partial charge in [-0.05, 0) is 56.8 Å². The van der Waals surface area contributed by atoms with Crippen LogP contribution in [-0.2, 0) is 4.79 Å². The van der Waals surface area contributed by atoms with Crippen LogP contribution in [0.1, 0.15) is 31.2 Å². The van der Waals surface area contributed by atoms with Gasteiger partial charge in [-0.25, -0.2) is 0 Å². The van der Waals surface area contributed by atoms with Gasteiger partial charge in [0, 0.05) is 31.4 Å². The van der Waals surface area contributed by atoms with Gasteiger partial charge in [-0.3, -0.25) is 4.79 Å². The molecule has 2 heterocycles. The Labute approximate surface area is 157 Å². The number of hydrogen-bond acceptors (Lipinski definition) is 3. The van der Waals surface area contributed by atoms with Crippen molar-refractivity contribution in [2.75, 3.05) is 31.5 Å². The summed E-state index contributed by atoms with van der Waals surface area (Å²) in [7, 11) is 0. The number of anilines is 1. The minimum Gasteiger partial charge on any atom is -0.382 e. The zero-order valence-corrected chi connectivity index (χ0v) is 15.9. The zero-order chi connectivity index (χ0) is 15.4. The molecule has 2 N–H and O–H groups in total. The SMILES string of the molecule is Cc1cccc(NC2CCN(C(=O)C3CCCNC3)CC2)c1.Cl.Cl. The number of halogens is 2. The summed E-state index contributed by atoms with van der Waals surface area (Å²) < 4.78 is 0. The number of hydrogen-bond donors (Lipinski definition) is 2. The zero-order valence-electron chi connectivity index (χ0n) is 14.3. The molecule has 0 spiro atoms. The molecule has 0 aromatic heterocycles. The maximum atomic E-state index is 12.5. The van der Waals surface area contributed by atoms with Crippen molar-refractivity contribution in [1.29, 1.82) is 0 Å². The number of nitrogens with zero attached hydrogens (tertiary/aromatic N) is 1. The molecule has 24 heavy (non-hydrogen) atoms. The van der Waals surface area contributed by atoms with Gasteiger partial charge in [0.25, 0.3) is 0 Å². The average molecular weight is 374 g/mol. The van der Waals surface area contributed by atoms with Crippen molar-refractivity contribution < 1.29 is 4.79 Å². The van der Waals surface area contributed by atoms with E-state index >= 15 is 0 Å². The quantitative estimate of drug-likeness (QED) is 0.854. The lowest BCUT2D eigenvalue weighted by atomic mass is 9.96. The standard InChI is InChI=1S/C18H27N3O.2ClH/c1-14-4-2-6-17(12-14)20-16-7-10-21(11-8-16)18(22)15-5-3-9-19-13-15;;/h2,4,6,12,15-16,19-20H,3,5,7-11,13H2,1H3;2*1H. The van der Waals surface area contributed by atoms with Gasteiger partial charge >= 0.3 is 0 Å². The summed E-state index contributed by atoms with van der Waals surface area (Å²) >= 11 is 0. The minimum atomic E-state index is 0. The topological polar surface area (TPSA) is 44.4 Å². The molecule has 2 saturated heterocycles. The van der Waals surface area contributed by atoms with Gasteiger partial charge in [0.15, 0.2) is 0 Å². The molecule has 1 unspecified atom stereocenters. The molecule has 1 aromatic rings. The minimum absolute atomic E-state index is 0. The highest BCUT2D eigenvalue weighted by atomic mass is 35.5. The number of amides is 1. The van der Waals surface area contributed by atoms with E-state index in [4.69, 9.17) is 0 Å². The van der Waals surface area contributed by atoms with E-state index in [2.05, 4.69) is 46.7 Å². The lowest BCUT2D eigenvalue weighted by Gasteiger charge is -2.36. The predicted molar refractivity (Wildman–Crippen MR) is 104 cm³/mol. The predicted octanol–water partition coefficient (Wildman–Crippen LogP) is 3.24. The van der Waals surface area contributed by atoms with Gasteiger partial charge in [0.2, 0.25) is 5.91 Å². The van der Waals surface area contributed by atoms with Crippen LogP contribution in [0.25, 0.3) is 0 Å². The summed E-state index contributed by atoms with van der Waals surface area (Å²) in [6, 6.07) is 9.00. The van der Waals surface area contributed by atoms with Crippen molar-refractivity contribution in [1.82, 2.24) is 10.2 Å². The summed E-state index contributed by atoms with van der Waals surface area (Å²) in [4.78, 5) is 14.6. The van der Waals surface area contributed by atoms with Crippen molar-refractivity contribution in [3.63, 3.8) is 0 Å². The molecule has 2 fully saturated rings. The Bertz CT molecular complexity index is 513. The van der Waals surface area contributed by atoms with Crippen LogP contribution >= 0.6 is 24.8 Å². The second kappa shape index (κ2) is 10.1. The second-order valence-corrected chi connectivity index (χ2v) is 6.66. The van der Waals surface area contributed by atoms with Crippen LogP contribution < -0.4 is 10.6 Å². The molecule has 0 aliphatic carbocycles. The number of piperidine rings is 2. The second-order valence-electron chi connectivity index (χ2n) is 6.66. The largest absolute Gasteiger partial charge is 0.382 e. The molecule has 6 heteroatoms. The van der Waals surface area contributed by atoms with Crippen LogP contribution in [0.5, 0.6) is 0 Å². The molecule has 0 bridgehead atoms. The van der Waals surface area contributed by atoms with Gasteiger partial charge in [-0.15, -0.1) is 24.8 Å². The van der Waals surface area contributed by atoms with Crippen molar-refractivity contribution in [3.05, 3.63) is 29.8 Å². The monoisotopic (exact) mass is 373 g/mol. The fraction of sp³-hybridized carbons (Fsp3) is 0.611. The summed E-state index contributed by atoms with van der Waals surface area (Å²) in [5, 5.41) is 6.95. The summed E-state index contributed by atoms with van der Waals surface area (Å²) in [6.07, 6.45) is 4.26. The van der Waals surface area contributed by atoms with E-state index in [1.54, 1.807) is 0 Å². The number of rotatable bonds is 3. The summed E-state index contributed by atoms with van der Waals surface area (Å²) in [5.41, 5.74) is 2.48. The highest BCUT2D eigenvalue weighted by Gasteiger charge is 2.28. The van der Waals surface area contributed by atoms with Crippen LogP contribution in [0.4, 0.5) is 5.69 Å². The van der Waals surface area contributed by atoms with Crippen LogP contribution in [-0.4, -0.2) is 43.0 Å². The number of benzene rings is 1. The Morgan fingerprint density at radius 1 is 1.21 bits per heavy atom. The molecule has 3 rings (SSSR count). The van der Waals surface area contributed by atoms with Crippen molar-refractivity contribution >= 4 is 36.4 Å². The third kappa shape index (κ3) is 5.54. The normalized spacial score (nSPS) is 21.4. The fourth-order valence-electron chi connectivity index (χ4n) is 3.54. The maximum absolute atomic E-state index is 12.5. The molecule has 1 aromatic carbocycles. The number of aryl methyl sites for hydroxylation is 1. The van der Waals surface area contributed by atoms with Gasteiger partial charge in [-0.2, -0.15) is 0 Å². The molecule has 1 atom stereocenters. The Kier molecular flexibility index (Phi) is 8.88. The van der Waals surface area contributed by atoms with E-state index in [9.17, 15) is 4.79 Å². The smallest absolute Gasteiger partial charge is 0.226 e. The van der Waals surface area contributed by atoms with E-state index in [1.165, 1.54) is 11.3 Å². The van der Waals surface area contributed by atoms with Gasteiger partial charge in [0.1, 0.15) is 0 Å². The number of carbonyl (C=O) groups excluding carboxylic acids is 1. The number of likely N-dealkylation sites (tertiary alicyclic amines) is 1. The maximum Gasteiger partial charge on any atom is 0.226 e. The van der Waals surface area contributed by atoms with Crippen LogP contribution in [0, 0.1) is 12.8 Å². The van der Waals surface area contributed by atoms with Crippen LogP contribution in [0.2, 0.25) is 0 Å². The molecule has 1 amide bonds. The molecule has 0 radical (unpaired) electrons. The van der Waals surface area contributed by atoms with Crippen molar-refractivity contribution in [2.24, 2.45) is 5.92 Å². The highest BCUT2D eigenvalue weighted by molar-refractivity contribution is 5.85. The van der Waals surface area contributed by atoms with Crippen LogP contribution in [0.3, 0.4) is 0 Å². The van der Waals surface area contributed by atoms with Crippen molar-refractivity contribution in [3.8, 4) is 0 Å². The molecule has 4 nitrogen and oxygen atoms in total. The van der Waals surface area contributed by atoms with Gasteiger partial charge in [0.05, 0.1) is 5.92 Å². The third-order valence-corrected chi connectivity index (χ3v) is 4.84. The average Bonchev–Trinajstić information content (AvgIpc) is 2.56. The lowest BCUT2D eigenvalue weighted by molar-refractivity contribution is -0.137. The van der Waals surface area contributed by atoms with Crippen LogP contribution in [0.15, 0.2) is 24.3 Å². The Morgan fingerprint density at radius 3 is 2.58 bits per heavy atom. The Hall–Kier alpha value is -0.970.